The predicted molar refractivity (Wildman–Crippen MR) is 86.7 cm³/mol. The fourth-order valence-electron chi connectivity index (χ4n) is 2.38. The Morgan fingerprint density at radius 1 is 1.11 bits per heavy atom. The highest BCUT2D eigenvalue weighted by molar-refractivity contribution is 9.10. The number of nitrogens with two attached hydrogens (primary N) is 1. The van der Waals surface area contributed by atoms with Crippen molar-refractivity contribution in [3.8, 4) is 0 Å². The van der Waals surface area contributed by atoms with Gasteiger partial charge in [0.2, 0.25) is 0 Å². The van der Waals surface area contributed by atoms with E-state index < -0.39 is 0 Å². The first-order chi connectivity index (χ1) is 9.16. The number of fused-ring (bicyclic) bond motifs is 1. The molecule has 0 spiro atoms. The summed E-state index contributed by atoms with van der Waals surface area (Å²) < 4.78 is 2.36. The lowest BCUT2D eigenvalue weighted by molar-refractivity contribution is 0.871. The SMILES string of the molecule is Cc1ccc(Br)cc1C(N)c1cccc2ccsc12. The Labute approximate surface area is 125 Å². The van der Waals surface area contributed by atoms with Crippen LogP contribution >= 0.6 is 27.3 Å². The van der Waals surface area contributed by atoms with Crippen molar-refractivity contribution in [2.24, 2.45) is 5.73 Å². The van der Waals surface area contributed by atoms with E-state index >= 15 is 0 Å². The maximum Gasteiger partial charge on any atom is 0.0568 e. The number of rotatable bonds is 2. The van der Waals surface area contributed by atoms with E-state index in [0.717, 1.165) is 4.47 Å². The van der Waals surface area contributed by atoms with Crippen LogP contribution in [0.5, 0.6) is 0 Å². The van der Waals surface area contributed by atoms with Crippen molar-refractivity contribution in [2.75, 3.05) is 0 Å². The van der Waals surface area contributed by atoms with Crippen LogP contribution in [-0.2, 0) is 0 Å². The minimum absolute atomic E-state index is 0.0835. The molecule has 1 unspecified atom stereocenters. The van der Waals surface area contributed by atoms with Crippen LogP contribution in [0, 0.1) is 6.92 Å². The van der Waals surface area contributed by atoms with Crippen molar-refractivity contribution in [3.63, 3.8) is 0 Å². The van der Waals surface area contributed by atoms with Crippen molar-refractivity contribution in [1.82, 2.24) is 0 Å². The quantitative estimate of drug-likeness (QED) is 0.700. The molecule has 96 valence electrons. The van der Waals surface area contributed by atoms with Gasteiger partial charge < -0.3 is 5.73 Å². The molecule has 0 aliphatic rings. The molecule has 0 aliphatic carbocycles. The van der Waals surface area contributed by atoms with Crippen LogP contribution in [0.25, 0.3) is 10.1 Å². The Kier molecular flexibility index (Phi) is 3.44. The van der Waals surface area contributed by atoms with E-state index in [-0.39, 0.29) is 6.04 Å². The topological polar surface area (TPSA) is 26.0 Å². The Bertz CT molecular complexity index is 732. The number of halogens is 1. The van der Waals surface area contributed by atoms with Crippen LogP contribution in [0.4, 0.5) is 0 Å². The third kappa shape index (κ3) is 2.34. The minimum atomic E-state index is -0.0835. The fraction of sp³-hybridized carbons (Fsp3) is 0.125. The molecule has 1 nitrogen and oxygen atoms in total. The monoisotopic (exact) mass is 331 g/mol. The Morgan fingerprint density at radius 3 is 2.79 bits per heavy atom. The van der Waals surface area contributed by atoms with Gasteiger partial charge in [0.15, 0.2) is 0 Å². The van der Waals surface area contributed by atoms with Gasteiger partial charge in [-0.25, -0.2) is 0 Å². The standard InChI is InChI=1S/C16H14BrNS/c1-10-5-6-12(17)9-14(10)15(18)13-4-2-3-11-7-8-19-16(11)13/h2-9,15H,18H2,1H3. The van der Waals surface area contributed by atoms with Crippen molar-refractivity contribution in [3.05, 3.63) is 69.0 Å². The van der Waals surface area contributed by atoms with Gasteiger partial charge in [-0.3, -0.25) is 0 Å². The van der Waals surface area contributed by atoms with E-state index in [0.29, 0.717) is 0 Å². The lowest BCUT2D eigenvalue weighted by Crippen LogP contribution is -2.13. The normalized spacial score (nSPS) is 12.8. The van der Waals surface area contributed by atoms with E-state index in [1.165, 1.54) is 26.8 Å². The number of benzene rings is 2. The van der Waals surface area contributed by atoms with Gasteiger partial charge in [-0.1, -0.05) is 40.2 Å². The van der Waals surface area contributed by atoms with Gasteiger partial charge in [0.25, 0.3) is 0 Å². The molecule has 3 rings (SSSR count). The first kappa shape index (κ1) is 12.9. The summed E-state index contributed by atoms with van der Waals surface area (Å²) in [4.78, 5) is 0. The highest BCUT2D eigenvalue weighted by atomic mass is 79.9. The second-order valence-electron chi connectivity index (χ2n) is 4.66. The van der Waals surface area contributed by atoms with Crippen LogP contribution in [0.3, 0.4) is 0 Å². The van der Waals surface area contributed by atoms with E-state index in [2.05, 4.69) is 70.7 Å². The highest BCUT2D eigenvalue weighted by Crippen LogP contribution is 2.33. The molecule has 1 atom stereocenters. The maximum absolute atomic E-state index is 6.50. The van der Waals surface area contributed by atoms with Gasteiger partial charge in [-0.05, 0) is 52.6 Å². The molecular formula is C16H14BrNS. The Balaban J connectivity index is 2.15. The number of hydrogen-bond donors (Lipinski definition) is 1. The zero-order valence-electron chi connectivity index (χ0n) is 10.6. The molecule has 0 aliphatic heterocycles. The summed E-state index contributed by atoms with van der Waals surface area (Å²) in [7, 11) is 0. The molecule has 3 heteroatoms. The van der Waals surface area contributed by atoms with E-state index in [4.69, 9.17) is 5.73 Å². The Morgan fingerprint density at radius 2 is 1.95 bits per heavy atom. The summed E-state index contributed by atoms with van der Waals surface area (Å²) in [6.45, 7) is 2.11. The molecule has 1 heterocycles. The van der Waals surface area contributed by atoms with Crippen LogP contribution in [0.1, 0.15) is 22.7 Å². The Hall–Kier alpha value is -1.16. The van der Waals surface area contributed by atoms with E-state index in [1.54, 1.807) is 11.3 Å². The molecular weight excluding hydrogens is 318 g/mol. The van der Waals surface area contributed by atoms with E-state index in [9.17, 15) is 0 Å². The largest absolute Gasteiger partial charge is 0.320 e. The summed E-state index contributed by atoms with van der Waals surface area (Å²) in [6, 6.07) is 14.7. The first-order valence-electron chi connectivity index (χ1n) is 6.14. The lowest BCUT2D eigenvalue weighted by Gasteiger charge is -2.16. The molecule has 2 N–H and O–H groups in total. The van der Waals surface area contributed by atoms with E-state index in [1.807, 2.05) is 0 Å². The average Bonchev–Trinajstić information content (AvgIpc) is 2.89. The minimum Gasteiger partial charge on any atom is -0.320 e. The molecule has 2 aromatic carbocycles. The van der Waals surface area contributed by atoms with Crippen molar-refractivity contribution >= 4 is 37.4 Å². The van der Waals surface area contributed by atoms with Crippen molar-refractivity contribution in [2.45, 2.75) is 13.0 Å². The second-order valence-corrected chi connectivity index (χ2v) is 6.50. The summed E-state index contributed by atoms with van der Waals surface area (Å²) in [6.07, 6.45) is 0. The number of aryl methyl sites for hydroxylation is 1. The molecule has 1 aromatic heterocycles. The highest BCUT2D eigenvalue weighted by Gasteiger charge is 2.15. The molecule has 0 bridgehead atoms. The summed E-state index contributed by atoms with van der Waals surface area (Å²) in [5, 5.41) is 3.39. The van der Waals surface area contributed by atoms with Crippen LogP contribution < -0.4 is 5.73 Å². The van der Waals surface area contributed by atoms with Gasteiger partial charge in [-0.2, -0.15) is 0 Å². The molecule has 3 aromatic rings. The van der Waals surface area contributed by atoms with Crippen LogP contribution in [0.15, 0.2) is 52.3 Å². The third-order valence-electron chi connectivity index (χ3n) is 3.42. The smallest absolute Gasteiger partial charge is 0.0568 e. The number of hydrogen-bond acceptors (Lipinski definition) is 2. The summed E-state index contributed by atoms with van der Waals surface area (Å²) in [5.74, 6) is 0. The lowest BCUT2D eigenvalue weighted by atomic mass is 9.95. The third-order valence-corrected chi connectivity index (χ3v) is 4.89. The van der Waals surface area contributed by atoms with Gasteiger partial charge in [0, 0.05) is 9.17 Å². The van der Waals surface area contributed by atoms with Gasteiger partial charge >= 0.3 is 0 Å². The van der Waals surface area contributed by atoms with Crippen LogP contribution in [-0.4, -0.2) is 0 Å². The number of thiophene rings is 1. The molecule has 0 radical (unpaired) electrons. The molecule has 0 amide bonds. The molecule has 0 saturated carbocycles. The fourth-order valence-corrected chi connectivity index (χ4v) is 3.71. The second kappa shape index (κ2) is 5.08. The summed E-state index contributed by atoms with van der Waals surface area (Å²) >= 11 is 5.28. The molecule has 0 saturated heterocycles. The maximum atomic E-state index is 6.50. The van der Waals surface area contributed by atoms with Gasteiger partial charge in [0.05, 0.1) is 6.04 Å². The predicted octanol–water partition coefficient (Wildman–Crippen LogP) is 5.02. The first-order valence-corrected chi connectivity index (χ1v) is 7.82. The van der Waals surface area contributed by atoms with Crippen molar-refractivity contribution in [1.29, 1.82) is 0 Å². The van der Waals surface area contributed by atoms with Gasteiger partial charge in [-0.15, -0.1) is 11.3 Å². The van der Waals surface area contributed by atoms with Crippen molar-refractivity contribution < 1.29 is 0 Å². The van der Waals surface area contributed by atoms with Crippen LogP contribution in [0.2, 0.25) is 0 Å². The zero-order chi connectivity index (χ0) is 13.4. The molecule has 19 heavy (non-hydrogen) atoms. The van der Waals surface area contributed by atoms with Gasteiger partial charge in [0.1, 0.15) is 0 Å². The molecule has 0 fully saturated rings. The summed E-state index contributed by atoms with van der Waals surface area (Å²) in [5.41, 5.74) is 10.1. The average molecular weight is 332 g/mol. The zero-order valence-corrected chi connectivity index (χ0v) is 13.0.